The Labute approximate surface area is 174 Å². The fraction of sp³-hybridized carbons (Fsp3) is 0.150. The molecule has 0 bridgehead atoms. The molecule has 0 radical (unpaired) electrons. The maximum atomic E-state index is 14.8. The van der Waals surface area contributed by atoms with Crippen LogP contribution in [0, 0.1) is 17.1 Å². The fourth-order valence-electron chi connectivity index (χ4n) is 3.51. The van der Waals surface area contributed by atoms with E-state index in [9.17, 15) is 19.6 Å². The number of fused-ring (bicyclic) bond motifs is 1. The van der Waals surface area contributed by atoms with Crippen LogP contribution in [0.5, 0.6) is 0 Å². The van der Waals surface area contributed by atoms with Gasteiger partial charge in [-0.05, 0) is 24.3 Å². The van der Waals surface area contributed by atoms with Gasteiger partial charge in [0.2, 0.25) is 0 Å². The van der Waals surface area contributed by atoms with E-state index in [2.05, 4.69) is 16.5 Å². The number of aromatic nitrogens is 2. The number of aryl methyl sites for hydroxylation is 1. The number of hydrogen-bond acceptors (Lipinski definition) is 5. The summed E-state index contributed by atoms with van der Waals surface area (Å²) in [7, 11) is 1.75. The highest BCUT2D eigenvalue weighted by atomic mass is 35.5. The predicted octanol–water partition coefficient (Wildman–Crippen LogP) is 4.26. The second-order valence-corrected chi connectivity index (χ2v) is 8.29. The van der Waals surface area contributed by atoms with Crippen LogP contribution in [-0.2, 0) is 11.8 Å². The molecule has 29 heavy (non-hydrogen) atoms. The monoisotopic (exact) mass is 428 g/mol. The van der Waals surface area contributed by atoms with Crippen molar-refractivity contribution >= 4 is 35.0 Å². The predicted molar refractivity (Wildman–Crippen MR) is 108 cm³/mol. The van der Waals surface area contributed by atoms with Crippen LogP contribution in [-0.4, -0.2) is 26.9 Å². The van der Waals surface area contributed by atoms with Crippen LogP contribution in [0.3, 0.4) is 0 Å². The first-order valence-electron chi connectivity index (χ1n) is 8.53. The lowest BCUT2D eigenvalue weighted by molar-refractivity contribution is 0.0696. The molecule has 1 aliphatic rings. The smallest absolute Gasteiger partial charge is 0.335 e. The molecule has 146 valence electrons. The molecule has 9 heteroatoms. The summed E-state index contributed by atoms with van der Waals surface area (Å²) in [6, 6.07) is 10.9. The van der Waals surface area contributed by atoms with Crippen molar-refractivity contribution in [1.29, 1.82) is 5.26 Å². The zero-order chi connectivity index (χ0) is 20.8. The Hall–Kier alpha value is -3.02. The van der Waals surface area contributed by atoms with Gasteiger partial charge in [0.05, 0.1) is 28.5 Å². The Morgan fingerprint density at radius 1 is 1.45 bits per heavy atom. The normalized spacial score (nSPS) is 20.0. The Morgan fingerprint density at radius 2 is 2.24 bits per heavy atom. The van der Waals surface area contributed by atoms with Crippen molar-refractivity contribution in [1.82, 2.24) is 9.78 Å². The summed E-state index contributed by atoms with van der Waals surface area (Å²) in [5.74, 6) is -1.68. The summed E-state index contributed by atoms with van der Waals surface area (Å²) in [5.41, 5.74) is 1.52. The minimum absolute atomic E-state index is 0.0483. The highest BCUT2D eigenvalue weighted by Gasteiger charge is 2.52. The second-order valence-electron chi connectivity index (χ2n) is 6.56. The third kappa shape index (κ3) is 3.03. The molecule has 2 N–H and O–H groups in total. The minimum atomic E-state index is -1.05. The molecule has 6 nitrogen and oxygen atoms in total. The van der Waals surface area contributed by atoms with Gasteiger partial charge in [0.25, 0.3) is 0 Å². The Bertz CT molecular complexity index is 1180. The van der Waals surface area contributed by atoms with Gasteiger partial charge in [-0.1, -0.05) is 23.7 Å². The van der Waals surface area contributed by atoms with Gasteiger partial charge in [-0.2, -0.15) is 10.4 Å². The maximum absolute atomic E-state index is 14.8. The van der Waals surface area contributed by atoms with Crippen LogP contribution < -0.4 is 5.32 Å². The number of carbonyl (C=O) groups is 1. The third-order valence-corrected chi connectivity index (χ3v) is 6.61. The summed E-state index contributed by atoms with van der Waals surface area (Å²) in [5, 5.41) is 26.4. The van der Waals surface area contributed by atoms with Gasteiger partial charge in [-0.25, -0.2) is 9.18 Å². The van der Waals surface area contributed by atoms with E-state index in [4.69, 9.17) is 11.6 Å². The molecule has 1 aromatic heterocycles. The van der Waals surface area contributed by atoms with Crippen LogP contribution in [0.2, 0.25) is 5.02 Å². The van der Waals surface area contributed by atoms with E-state index in [1.807, 2.05) is 0 Å². The lowest BCUT2D eigenvalue weighted by Gasteiger charge is -2.31. The molecule has 2 unspecified atom stereocenters. The van der Waals surface area contributed by atoms with E-state index in [0.717, 1.165) is 0 Å². The van der Waals surface area contributed by atoms with E-state index >= 15 is 0 Å². The summed E-state index contributed by atoms with van der Waals surface area (Å²) >= 11 is 7.23. The number of halogens is 2. The summed E-state index contributed by atoms with van der Waals surface area (Å²) in [6.07, 6.45) is 3.39. The zero-order valence-electron chi connectivity index (χ0n) is 15.1. The largest absolute Gasteiger partial charge is 0.478 e. The molecule has 0 amide bonds. The van der Waals surface area contributed by atoms with Crippen molar-refractivity contribution in [2.75, 3.05) is 5.32 Å². The van der Waals surface area contributed by atoms with Gasteiger partial charge in [0.1, 0.15) is 10.8 Å². The number of benzene rings is 2. The Kier molecular flexibility index (Phi) is 4.73. The number of rotatable bonds is 4. The molecule has 0 fully saturated rings. The van der Waals surface area contributed by atoms with Crippen molar-refractivity contribution in [2.45, 2.75) is 15.7 Å². The zero-order valence-corrected chi connectivity index (χ0v) is 16.6. The van der Waals surface area contributed by atoms with Gasteiger partial charge >= 0.3 is 5.97 Å². The number of anilines is 1. The van der Waals surface area contributed by atoms with E-state index in [-0.39, 0.29) is 16.3 Å². The number of carboxylic acid groups (broad SMARTS) is 1. The minimum Gasteiger partial charge on any atom is -0.478 e. The maximum Gasteiger partial charge on any atom is 0.335 e. The summed E-state index contributed by atoms with van der Waals surface area (Å²) in [4.78, 5) is 12.0. The first-order chi connectivity index (χ1) is 13.9. The quantitative estimate of drug-likeness (QED) is 0.645. The average Bonchev–Trinajstić information content (AvgIpc) is 3.27. The molecule has 4 rings (SSSR count). The van der Waals surface area contributed by atoms with E-state index in [0.29, 0.717) is 16.0 Å². The molecular weight excluding hydrogens is 415 g/mol. The molecule has 2 heterocycles. The summed E-state index contributed by atoms with van der Waals surface area (Å²) in [6.45, 7) is 0. The van der Waals surface area contributed by atoms with Gasteiger partial charge in [-0.15, -0.1) is 11.8 Å². The molecule has 1 aliphatic heterocycles. The second kappa shape index (κ2) is 7.10. The highest BCUT2D eigenvalue weighted by molar-refractivity contribution is 8.00. The summed E-state index contributed by atoms with van der Waals surface area (Å²) < 4.78 is 15.3. The lowest BCUT2D eigenvalue weighted by Crippen LogP contribution is -2.35. The molecule has 3 aromatic rings. The fourth-order valence-corrected chi connectivity index (χ4v) is 5.11. The third-order valence-electron chi connectivity index (χ3n) is 4.81. The first-order valence-corrected chi connectivity index (χ1v) is 9.72. The van der Waals surface area contributed by atoms with Crippen molar-refractivity contribution < 1.29 is 14.3 Å². The standard InChI is InChI=1S/C20H14ClFN4O2S/c1-26-10-12(9-24-26)20(29-13-4-2-3-11(7-13)19(27)28)14-5-6-15(21)17(22)18(14)25-16(20)8-23/h2-7,9-10,16,25H,1H3,(H,27,28). The van der Waals surface area contributed by atoms with Crippen molar-refractivity contribution in [2.24, 2.45) is 7.05 Å². The van der Waals surface area contributed by atoms with E-state index < -0.39 is 22.6 Å². The topological polar surface area (TPSA) is 90.9 Å². The number of carboxylic acids is 1. The van der Waals surface area contributed by atoms with Gasteiger partial charge in [0.15, 0.2) is 5.82 Å². The molecule has 0 saturated carbocycles. The highest BCUT2D eigenvalue weighted by Crippen LogP contribution is 2.56. The van der Waals surface area contributed by atoms with E-state index in [1.165, 1.54) is 30.0 Å². The number of aromatic carboxylic acids is 1. The van der Waals surface area contributed by atoms with Crippen LogP contribution in [0.1, 0.15) is 21.5 Å². The van der Waals surface area contributed by atoms with E-state index in [1.54, 1.807) is 42.3 Å². The SMILES string of the molecule is Cn1cc(C2(Sc3cccc(C(=O)O)c3)c3ccc(Cl)c(F)c3NC2C#N)cn1. The van der Waals surface area contributed by atoms with Crippen LogP contribution in [0.15, 0.2) is 53.7 Å². The Balaban J connectivity index is 1.96. The van der Waals surface area contributed by atoms with Crippen molar-refractivity contribution in [3.05, 3.63) is 76.3 Å². The molecule has 0 saturated heterocycles. The molecule has 0 spiro atoms. The number of thioether (sulfide) groups is 1. The number of nitrogens with zero attached hydrogens (tertiary/aromatic N) is 3. The number of nitrogens with one attached hydrogen (secondary N) is 1. The average molecular weight is 429 g/mol. The molecule has 2 aromatic carbocycles. The van der Waals surface area contributed by atoms with Crippen molar-refractivity contribution in [3.8, 4) is 6.07 Å². The van der Waals surface area contributed by atoms with Gasteiger partial charge in [-0.3, -0.25) is 4.68 Å². The lowest BCUT2D eigenvalue weighted by atomic mass is 9.89. The Morgan fingerprint density at radius 3 is 2.90 bits per heavy atom. The molecular formula is C20H14ClFN4O2S. The van der Waals surface area contributed by atoms with Crippen LogP contribution in [0.25, 0.3) is 0 Å². The molecule has 2 atom stereocenters. The van der Waals surface area contributed by atoms with Crippen LogP contribution in [0.4, 0.5) is 10.1 Å². The first kappa shape index (κ1) is 19.3. The number of nitriles is 1. The molecule has 0 aliphatic carbocycles. The van der Waals surface area contributed by atoms with Crippen LogP contribution >= 0.6 is 23.4 Å². The van der Waals surface area contributed by atoms with Gasteiger partial charge in [0, 0.05) is 29.3 Å². The van der Waals surface area contributed by atoms with Gasteiger partial charge < -0.3 is 10.4 Å². The van der Waals surface area contributed by atoms with Crippen molar-refractivity contribution in [3.63, 3.8) is 0 Å². The number of hydrogen-bond donors (Lipinski definition) is 2.